The van der Waals surface area contributed by atoms with Gasteiger partial charge < -0.3 is 0 Å². The molecule has 0 radical (unpaired) electrons. The molecule has 3 heteroatoms. The number of aromatic nitrogens is 1. The van der Waals surface area contributed by atoms with E-state index in [0.717, 1.165) is 11.3 Å². The van der Waals surface area contributed by atoms with Crippen LogP contribution in [-0.2, 0) is 0 Å². The van der Waals surface area contributed by atoms with Gasteiger partial charge in [-0.2, -0.15) is 5.26 Å². The third-order valence-corrected chi connectivity index (χ3v) is 2.89. The summed E-state index contributed by atoms with van der Waals surface area (Å²) < 4.78 is 0. The first-order chi connectivity index (χ1) is 7.33. The van der Waals surface area contributed by atoms with Crippen molar-refractivity contribution < 1.29 is 0 Å². The monoisotopic (exact) mass is 228 g/mol. The first-order valence-electron chi connectivity index (χ1n) is 5.25. The maximum Gasteiger partial charge on any atom is 0.130 e. The molecule has 1 rings (SSSR count). The molecule has 0 spiro atoms. The zero-order valence-corrected chi connectivity index (χ0v) is 11.5. The normalized spacial score (nSPS) is 10.2. The lowest BCUT2D eigenvalue weighted by atomic mass is 10.1. The van der Waals surface area contributed by atoms with Crippen LogP contribution in [0.2, 0.25) is 19.6 Å². The van der Waals surface area contributed by atoms with Crippen LogP contribution in [0, 0.1) is 36.6 Å². The quantitative estimate of drug-likeness (QED) is 0.506. The molecular weight excluding hydrogens is 212 g/mol. The molecule has 0 aromatic carbocycles. The fourth-order valence-corrected chi connectivity index (χ4v) is 1.81. The molecule has 0 aliphatic carbocycles. The number of pyridine rings is 1. The van der Waals surface area contributed by atoms with E-state index >= 15 is 0 Å². The molecule has 0 unspecified atom stereocenters. The Hall–Kier alpha value is -1.58. The van der Waals surface area contributed by atoms with E-state index in [2.05, 4.69) is 42.2 Å². The van der Waals surface area contributed by atoms with E-state index in [1.807, 2.05) is 19.9 Å². The Balaban J connectivity index is 3.33. The second-order valence-electron chi connectivity index (χ2n) is 4.92. The van der Waals surface area contributed by atoms with Gasteiger partial charge in [0.2, 0.25) is 0 Å². The van der Waals surface area contributed by atoms with Gasteiger partial charge in [0.25, 0.3) is 0 Å². The highest BCUT2D eigenvalue weighted by molar-refractivity contribution is 6.83. The molecule has 0 N–H and O–H groups in total. The van der Waals surface area contributed by atoms with Gasteiger partial charge in [-0.15, -0.1) is 5.54 Å². The summed E-state index contributed by atoms with van der Waals surface area (Å²) in [5, 5.41) is 9.07. The van der Waals surface area contributed by atoms with Crippen molar-refractivity contribution >= 4 is 8.07 Å². The van der Waals surface area contributed by atoms with Gasteiger partial charge in [-0.05, 0) is 25.5 Å². The van der Waals surface area contributed by atoms with Crippen LogP contribution in [0.5, 0.6) is 0 Å². The molecule has 82 valence electrons. The fraction of sp³-hybridized carbons (Fsp3) is 0.385. The molecule has 0 aliphatic rings. The van der Waals surface area contributed by atoms with Gasteiger partial charge in [0.05, 0.1) is 5.56 Å². The highest BCUT2D eigenvalue weighted by Crippen LogP contribution is 2.12. The van der Waals surface area contributed by atoms with Gasteiger partial charge in [-0.1, -0.05) is 25.6 Å². The topological polar surface area (TPSA) is 36.7 Å². The zero-order chi connectivity index (χ0) is 12.3. The summed E-state index contributed by atoms with van der Waals surface area (Å²) in [7, 11) is -1.42. The maximum absolute atomic E-state index is 9.07. The lowest BCUT2D eigenvalue weighted by Gasteiger charge is -2.05. The SMILES string of the molecule is Cc1cc(C)c(C#N)c(C#C[Si](C)(C)C)n1. The molecule has 0 amide bonds. The Morgan fingerprint density at radius 3 is 2.38 bits per heavy atom. The minimum Gasteiger partial charge on any atom is -0.243 e. The molecule has 0 saturated carbocycles. The van der Waals surface area contributed by atoms with Crippen LogP contribution in [0.25, 0.3) is 0 Å². The average Bonchev–Trinajstić information content (AvgIpc) is 2.12. The van der Waals surface area contributed by atoms with E-state index < -0.39 is 8.07 Å². The second-order valence-corrected chi connectivity index (χ2v) is 9.67. The van der Waals surface area contributed by atoms with Crippen LogP contribution in [0.1, 0.15) is 22.5 Å². The minimum atomic E-state index is -1.42. The lowest BCUT2D eigenvalue weighted by molar-refractivity contribution is 1.14. The predicted octanol–water partition coefficient (Wildman–Crippen LogP) is 2.80. The van der Waals surface area contributed by atoms with E-state index in [9.17, 15) is 0 Å². The molecule has 2 nitrogen and oxygen atoms in total. The van der Waals surface area contributed by atoms with Crippen LogP contribution in [0.3, 0.4) is 0 Å². The number of nitrogens with zero attached hydrogens (tertiary/aromatic N) is 2. The Morgan fingerprint density at radius 1 is 1.25 bits per heavy atom. The van der Waals surface area contributed by atoms with E-state index in [1.165, 1.54) is 0 Å². The first kappa shape index (κ1) is 12.5. The summed E-state index contributed by atoms with van der Waals surface area (Å²) in [6, 6.07) is 4.09. The first-order valence-corrected chi connectivity index (χ1v) is 8.75. The maximum atomic E-state index is 9.07. The van der Waals surface area contributed by atoms with Crippen LogP contribution in [-0.4, -0.2) is 13.1 Å². The molecule has 0 saturated heterocycles. The molecule has 0 fully saturated rings. The summed E-state index contributed by atoms with van der Waals surface area (Å²) in [6.07, 6.45) is 0. The molecule has 1 heterocycles. The predicted molar refractivity (Wildman–Crippen MR) is 68.7 cm³/mol. The Kier molecular flexibility index (Phi) is 3.52. The van der Waals surface area contributed by atoms with E-state index in [1.54, 1.807) is 0 Å². The van der Waals surface area contributed by atoms with Gasteiger partial charge in [-0.25, -0.2) is 4.98 Å². The summed E-state index contributed by atoms with van der Waals surface area (Å²) in [4.78, 5) is 4.33. The van der Waals surface area contributed by atoms with Crippen molar-refractivity contribution in [1.29, 1.82) is 5.26 Å². The standard InChI is InChI=1S/C13H16N2Si/c1-10-8-11(2)15-13(12(10)9-14)6-7-16(3,4)5/h8H,1-5H3. The minimum absolute atomic E-state index is 0.608. The molecule has 0 atom stereocenters. The smallest absolute Gasteiger partial charge is 0.130 e. The Morgan fingerprint density at radius 2 is 1.88 bits per heavy atom. The van der Waals surface area contributed by atoms with Crippen molar-refractivity contribution in [2.75, 3.05) is 0 Å². The molecular formula is C13H16N2Si. The van der Waals surface area contributed by atoms with Crippen LogP contribution in [0.15, 0.2) is 6.07 Å². The lowest BCUT2D eigenvalue weighted by Crippen LogP contribution is -2.16. The third-order valence-electron chi connectivity index (χ3n) is 2.01. The van der Waals surface area contributed by atoms with E-state index in [4.69, 9.17) is 5.26 Å². The number of hydrogen-bond donors (Lipinski definition) is 0. The van der Waals surface area contributed by atoms with Gasteiger partial charge in [0.1, 0.15) is 19.8 Å². The van der Waals surface area contributed by atoms with Gasteiger partial charge in [0.15, 0.2) is 0 Å². The zero-order valence-electron chi connectivity index (χ0n) is 10.5. The number of hydrogen-bond acceptors (Lipinski definition) is 2. The molecule has 1 aromatic rings. The van der Waals surface area contributed by atoms with Crippen molar-refractivity contribution in [3.63, 3.8) is 0 Å². The summed E-state index contributed by atoms with van der Waals surface area (Å²) in [5.41, 5.74) is 6.34. The second kappa shape index (κ2) is 4.51. The van der Waals surface area contributed by atoms with Crippen LogP contribution >= 0.6 is 0 Å². The van der Waals surface area contributed by atoms with Crippen LogP contribution < -0.4 is 0 Å². The molecule has 0 aliphatic heterocycles. The van der Waals surface area contributed by atoms with Crippen molar-refractivity contribution in [2.45, 2.75) is 33.5 Å². The molecule has 1 aromatic heterocycles. The number of aryl methyl sites for hydroxylation is 2. The summed E-state index contributed by atoms with van der Waals surface area (Å²) in [5.74, 6) is 3.06. The third kappa shape index (κ3) is 3.22. The van der Waals surface area contributed by atoms with Crippen LogP contribution in [0.4, 0.5) is 0 Å². The Bertz CT molecular complexity index is 508. The average molecular weight is 228 g/mol. The van der Waals surface area contributed by atoms with E-state index in [-0.39, 0.29) is 0 Å². The Labute approximate surface area is 98.3 Å². The van der Waals surface area contributed by atoms with Gasteiger partial charge in [0, 0.05) is 5.69 Å². The number of rotatable bonds is 0. The highest BCUT2D eigenvalue weighted by Gasteiger charge is 2.10. The highest BCUT2D eigenvalue weighted by atomic mass is 28.3. The van der Waals surface area contributed by atoms with Gasteiger partial charge in [-0.3, -0.25) is 0 Å². The van der Waals surface area contributed by atoms with E-state index in [0.29, 0.717) is 11.3 Å². The van der Waals surface area contributed by atoms with Crippen molar-refractivity contribution in [3.8, 4) is 17.5 Å². The van der Waals surface area contributed by atoms with Crippen molar-refractivity contribution in [2.24, 2.45) is 0 Å². The summed E-state index contributed by atoms with van der Waals surface area (Å²) in [6.45, 7) is 10.4. The molecule has 0 bridgehead atoms. The fourth-order valence-electron chi connectivity index (χ4n) is 1.32. The summed E-state index contributed by atoms with van der Waals surface area (Å²) >= 11 is 0. The molecule has 16 heavy (non-hydrogen) atoms. The number of nitriles is 1. The van der Waals surface area contributed by atoms with Crippen molar-refractivity contribution in [1.82, 2.24) is 4.98 Å². The van der Waals surface area contributed by atoms with Gasteiger partial charge >= 0.3 is 0 Å². The largest absolute Gasteiger partial charge is 0.243 e. The van der Waals surface area contributed by atoms with Crippen molar-refractivity contribution in [3.05, 3.63) is 28.6 Å².